The Hall–Kier alpha value is -3.58. The minimum Gasteiger partial charge on any atom is -0.493 e. The quantitative estimate of drug-likeness (QED) is 0.516. The highest BCUT2D eigenvalue weighted by Gasteiger charge is 2.42. The number of nitrogens with zero attached hydrogens (tertiary/aromatic N) is 1. The summed E-state index contributed by atoms with van der Waals surface area (Å²) in [6.45, 7) is 0.766. The highest BCUT2D eigenvalue weighted by Crippen LogP contribution is 2.42. The van der Waals surface area contributed by atoms with Gasteiger partial charge in [0.25, 0.3) is 5.91 Å². The van der Waals surface area contributed by atoms with Crippen LogP contribution in [0.2, 0.25) is 5.02 Å². The number of carbonyl (C=O) groups excluding carboxylic acids is 2. The summed E-state index contributed by atoms with van der Waals surface area (Å²) in [4.78, 5) is 28.3. The first-order valence-electron chi connectivity index (χ1n) is 11.2. The number of hydrogen-bond donors (Lipinski definition) is 1. The Morgan fingerprint density at radius 1 is 1.00 bits per heavy atom. The van der Waals surface area contributed by atoms with Gasteiger partial charge in [0.05, 0.1) is 30.7 Å². The molecule has 182 valence electrons. The van der Waals surface area contributed by atoms with E-state index in [-0.39, 0.29) is 36.6 Å². The molecule has 35 heavy (non-hydrogen) atoms. The van der Waals surface area contributed by atoms with Crippen molar-refractivity contribution < 1.29 is 23.5 Å². The van der Waals surface area contributed by atoms with E-state index in [4.69, 9.17) is 21.1 Å². The fraction of sp³-hybridized carbons (Fsp3) is 0.259. The van der Waals surface area contributed by atoms with Gasteiger partial charge in [0, 0.05) is 31.1 Å². The van der Waals surface area contributed by atoms with E-state index >= 15 is 0 Å². The minimum atomic E-state index is -0.539. The number of rotatable bonds is 7. The predicted molar refractivity (Wildman–Crippen MR) is 131 cm³/mol. The second kappa shape index (κ2) is 10.8. The third-order valence-electron chi connectivity index (χ3n) is 6.26. The van der Waals surface area contributed by atoms with Crippen LogP contribution < -0.4 is 14.8 Å². The highest BCUT2D eigenvalue weighted by atomic mass is 35.5. The van der Waals surface area contributed by atoms with Crippen molar-refractivity contribution in [1.82, 2.24) is 10.2 Å². The molecule has 0 radical (unpaired) electrons. The van der Waals surface area contributed by atoms with Gasteiger partial charge in [-0.05, 0) is 35.9 Å². The number of para-hydroxylation sites is 1. The highest BCUT2D eigenvalue weighted by molar-refractivity contribution is 6.33. The Balaban J connectivity index is 1.63. The largest absolute Gasteiger partial charge is 0.493 e. The van der Waals surface area contributed by atoms with Gasteiger partial charge in [-0.1, -0.05) is 48.0 Å². The molecule has 1 heterocycles. The van der Waals surface area contributed by atoms with Gasteiger partial charge in [0.2, 0.25) is 5.91 Å². The average molecular weight is 497 g/mol. The summed E-state index contributed by atoms with van der Waals surface area (Å²) in [6, 6.07) is 18.3. The molecular weight excluding hydrogens is 471 g/mol. The predicted octanol–water partition coefficient (Wildman–Crippen LogP) is 4.67. The summed E-state index contributed by atoms with van der Waals surface area (Å²) in [5, 5.41) is 3.30. The smallest absolute Gasteiger partial charge is 0.255 e. The normalized spacial score (nSPS) is 17.2. The van der Waals surface area contributed by atoms with E-state index in [0.29, 0.717) is 28.6 Å². The molecule has 8 heteroatoms. The maximum absolute atomic E-state index is 13.4. The summed E-state index contributed by atoms with van der Waals surface area (Å²) in [7, 11) is 3.10. The summed E-state index contributed by atoms with van der Waals surface area (Å²) in [5.74, 6) is -0.581. The van der Waals surface area contributed by atoms with Gasteiger partial charge in [-0.25, -0.2) is 4.39 Å². The van der Waals surface area contributed by atoms with Crippen LogP contribution >= 0.6 is 11.6 Å². The Labute approximate surface area is 208 Å². The summed E-state index contributed by atoms with van der Waals surface area (Å²) >= 11 is 6.28. The lowest BCUT2D eigenvalue weighted by Crippen LogP contribution is -2.35. The van der Waals surface area contributed by atoms with E-state index in [0.717, 1.165) is 11.1 Å². The van der Waals surface area contributed by atoms with E-state index in [2.05, 4.69) is 5.32 Å². The number of amides is 2. The first kappa shape index (κ1) is 24.5. The van der Waals surface area contributed by atoms with Gasteiger partial charge in [-0.2, -0.15) is 0 Å². The van der Waals surface area contributed by atoms with Crippen molar-refractivity contribution in [2.75, 3.05) is 27.3 Å². The van der Waals surface area contributed by atoms with Gasteiger partial charge in [0.1, 0.15) is 5.82 Å². The van der Waals surface area contributed by atoms with E-state index in [9.17, 15) is 14.0 Å². The van der Waals surface area contributed by atoms with Crippen molar-refractivity contribution in [3.8, 4) is 11.5 Å². The van der Waals surface area contributed by atoms with E-state index in [1.165, 1.54) is 12.1 Å². The number of nitrogens with one attached hydrogen (secondary N) is 1. The molecule has 0 aromatic heterocycles. The molecule has 1 fully saturated rings. The van der Waals surface area contributed by atoms with Gasteiger partial charge in [-0.15, -0.1) is 0 Å². The Morgan fingerprint density at radius 3 is 2.43 bits per heavy atom. The molecule has 0 saturated carbocycles. The summed E-state index contributed by atoms with van der Waals surface area (Å²) < 4.78 is 24.3. The molecule has 1 saturated heterocycles. The average Bonchev–Trinajstić information content (AvgIpc) is 3.33. The van der Waals surface area contributed by atoms with Crippen molar-refractivity contribution in [3.63, 3.8) is 0 Å². The molecule has 0 unspecified atom stereocenters. The second-order valence-corrected chi connectivity index (χ2v) is 8.74. The molecular formula is C27H26ClFN2O4. The Bertz CT molecular complexity index is 1220. The number of benzene rings is 3. The zero-order valence-corrected chi connectivity index (χ0v) is 20.2. The van der Waals surface area contributed by atoms with Crippen LogP contribution in [0.1, 0.15) is 27.4 Å². The lowest BCUT2D eigenvalue weighted by atomic mass is 9.87. The molecule has 1 N–H and O–H groups in total. The van der Waals surface area contributed by atoms with Gasteiger partial charge in [-0.3, -0.25) is 9.59 Å². The molecule has 0 aliphatic carbocycles. The van der Waals surface area contributed by atoms with Crippen LogP contribution in [-0.4, -0.2) is 44.0 Å². The fourth-order valence-electron chi connectivity index (χ4n) is 4.48. The fourth-order valence-corrected chi connectivity index (χ4v) is 4.70. The Kier molecular flexibility index (Phi) is 7.56. The molecule has 2 atom stereocenters. The summed E-state index contributed by atoms with van der Waals surface area (Å²) in [6.07, 6.45) is 0. The summed E-state index contributed by atoms with van der Waals surface area (Å²) in [5.41, 5.74) is 1.94. The first-order valence-corrected chi connectivity index (χ1v) is 11.6. The molecule has 1 aliphatic heterocycles. The van der Waals surface area contributed by atoms with Crippen molar-refractivity contribution in [1.29, 1.82) is 0 Å². The van der Waals surface area contributed by atoms with Crippen LogP contribution in [0.25, 0.3) is 0 Å². The van der Waals surface area contributed by atoms with E-state index in [1.54, 1.807) is 61.6 Å². The molecule has 6 nitrogen and oxygen atoms in total. The number of halogens is 2. The molecule has 0 spiro atoms. The van der Waals surface area contributed by atoms with Crippen LogP contribution in [0.5, 0.6) is 11.5 Å². The third-order valence-corrected chi connectivity index (χ3v) is 6.59. The lowest BCUT2D eigenvalue weighted by molar-refractivity contribution is -0.125. The molecule has 0 bridgehead atoms. The van der Waals surface area contributed by atoms with Crippen LogP contribution in [0.4, 0.5) is 4.39 Å². The number of carbonyl (C=O) groups is 2. The maximum atomic E-state index is 13.4. The number of methoxy groups -OCH3 is 2. The molecule has 3 aromatic rings. The van der Waals surface area contributed by atoms with Crippen LogP contribution in [0, 0.1) is 11.7 Å². The van der Waals surface area contributed by atoms with Crippen molar-refractivity contribution in [2.24, 2.45) is 5.92 Å². The maximum Gasteiger partial charge on any atom is 0.255 e. The lowest BCUT2D eigenvalue weighted by Gasteiger charge is -2.21. The van der Waals surface area contributed by atoms with Crippen molar-refractivity contribution >= 4 is 23.4 Å². The van der Waals surface area contributed by atoms with E-state index in [1.807, 2.05) is 12.1 Å². The molecule has 4 rings (SSSR count). The van der Waals surface area contributed by atoms with Gasteiger partial charge in [0.15, 0.2) is 11.5 Å². The van der Waals surface area contributed by atoms with Crippen molar-refractivity contribution in [2.45, 2.75) is 12.5 Å². The zero-order valence-electron chi connectivity index (χ0n) is 19.5. The number of hydrogen-bond acceptors (Lipinski definition) is 4. The molecule has 1 aliphatic rings. The number of ether oxygens (including phenoxy) is 2. The van der Waals surface area contributed by atoms with Crippen LogP contribution in [-0.2, 0) is 11.3 Å². The third kappa shape index (κ3) is 5.25. The number of likely N-dealkylation sites (tertiary alicyclic amines) is 1. The molecule has 3 aromatic carbocycles. The minimum absolute atomic E-state index is 0.210. The zero-order chi connectivity index (χ0) is 24.9. The Morgan fingerprint density at radius 2 is 1.74 bits per heavy atom. The van der Waals surface area contributed by atoms with Gasteiger partial charge >= 0.3 is 0 Å². The first-order chi connectivity index (χ1) is 16.9. The van der Waals surface area contributed by atoms with Crippen molar-refractivity contribution in [3.05, 3.63) is 94.3 Å². The molecule has 2 amide bonds. The van der Waals surface area contributed by atoms with Gasteiger partial charge < -0.3 is 19.7 Å². The van der Waals surface area contributed by atoms with E-state index < -0.39 is 5.92 Å². The van der Waals surface area contributed by atoms with Crippen LogP contribution in [0.15, 0.2) is 66.7 Å². The monoisotopic (exact) mass is 496 g/mol. The van der Waals surface area contributed by atoms with Crippen LogP contribution in [0.3, 0.4) is 0 Å². The second-order valence-electron chi connectivity index (χ2n) is 8.33. The topological polar surface area (TPSA) is 67.9 Å². The standard InChI is InChI=1S/C27H26ClFN2O4/c1-34-24-9-5-7-19(25(24)35-2)21-15-31(27(33)20-6-3-4-8-23(20)28)16-22(21)26(32)30-14-17-10-12-18(29)13-11-17/h3-13,21-22H,14-16H2,1-2H3,(H,30,32)/t21-,22+/m0/s1. The SMILES string of the molecule is COc1cccc([C@@H]2CN(C(=O)c3ccccc3Cl)C[C@H]2C(=O)NCc2ccc(F)cc2)c1OC.